The van der Waals surface area contributed by atoms with Gasteiger partial charge in [-0.1, -0.05) is 13.8 Å². The van der Waals surface area contributed by atoms with Gasteiger partial charge < -0.3 is 5.11 Å². The van der Waals surface area contributed by atoms with Crippen LogP contribution in [0.1, 0.15) is 39.7 Å². The summed E-state index contributed by atoms with van der Waals surface area (Å²) in [5, 5.41) is 14.4. The first kappa shape index (κ1) is 12.2. The van der Waals surface area contributed by atoms with Crippen LogP contribution in [0.15, 0.2) is 12.4 Å². The number of aromatic nitrogens is 2. The minimum absolute atomic E-state index is 0.515. The molecule has 0 aliphatic rings. The van der Waals surface area contributed by atoms with E-state index in [1.807, 2.05) is 24.0 Å². The van der Waals surface area contributed by atoms with Gasteiger partial charge in [0.1, 0.15) is 0 Å². The van der Waals surface area contributed by atoms with Crippen molar-refractivity contribution in [3.8, 4) is 0 Å². The maximum Gasteiger partial charge on any atom is 0.0663 e. The third-order valence-corrected chi connectivity index (χ3v) is 2.44. The highest BCUT2D eigenvalue weighted by Gasteiger charge is 2.22. The van der Waals surface area contributed by atoms with Crippen molar-refractivity contribution in [3.05, 3.63) is 18.0 Å². The molecule has 0 aliphatic heterocycles. The molecule has 3 heteroatoms. The molecule has 0 radical (unpaired) electrons. The van der Waals surface area contributed by atoms with Gasteiger partial charge in [-0.15, -0.1) is 0 Å². The van der Waals surface area contributed by atoms with E-state index in [-0.39, 0.29) is 0 Å². The zero-order chi connectivity index (χ0) is 11.5. The van der Waals surface area contributed by atoms with Gasteiger partial charge in [0, 0.05) is 19.2 Å². The summed E-state index contributed by atoms with van der Waals surface area (Å²) in [6.45, 7) is 9.10. The first-order valence-electron chi connectivity index (χ1n) is 5.66. The van der Waals surface area contributed by atoms with Crippen molar-refractivity contribution in [1.29, 1.82) is 0 Å². The number of aliphatic hydroxyl groups is 1. The fourth-order valence-electron chi connectivity index (χ4n) is 2.06. The highest BCUT2D eigenvalue weighted by molar-refractivity contribution is 5.07. The average molecular weight is 210 g/mol. The molecule has 1 N–H and O–H groups in total. The molecular formula is C12H22N2O. The quantitative estimate of drug-likeness (QED) is 0.809. The van der Waals surface area contributed by atoms with Crippen LogP contribution in [-0.4, -0.2) is 20.5 Å². The molecule has 15 heavy (non-hydrogen) atoms. The van der Waals surface area contributed by atoms with Crippen LogP contribution in [0.2, 0.25) is 0 Å². The van der Waals surface area contributed by atoms with Crippen LogP contribution < -0.4 is 0 Å². The Morgan fingerprint density at radius 1 is 1.53 bits per heavy atom. The Morgan fingerprint density at radius 2 is 2.20 bits per heavy atom. The lowest BCUT2D eigenvalue weighted by Gasteiger charge is -2.24. The Kier molecular flexibility index (Phi) is 3.91. The van der Waals surface area contributed by atoms with E-state index < -0.39 is 5.60 Å². The minimum Gasteiger partial charge on any atom is -0.390 e. The predicted molar refractivity (Wildman–Crippen MR) is 61.7 cm³/mol. The third-order valence-electron chi connectivity index (χ3n) is 2.44. The standard InChI is InChI=1S/C12H22N2O/c1-5-14-9-11(8-13-14)7-12(4,15)6-10(2)3/h8-10,15H,5-7H2,1-4H3. The summed E-state index contributed by atoms with van der Waals surface area (Å²) >= 11 is 0. The topological polar surface area (TPSA) is 38.0 Å². The van der Waals surface area contributed by atoms with E-state index in [2.05, 4.69) is 25.9 Å². The third kappa shape index (κ3) is 4.04. The van der Waals surface area contributed by atoms with Gasteiger partial charge in [-0.05, 0) is 31.7 Å². The number of hydrogen-bond donors (Lipinski definition) is 1. The normalized spacial score (nSPS) is 15.6. The second-order valence-corrected chi connectivity index (χ2v) is 4.98. The van der Waals surface area contributed by atoms with Crippen molar-refractivity contribution < 1.29 is 5.11 Å². The molecule has 1 atom stereocenters. The van der Waals surface area contributed by atoms with Gasteiger partial charge in [0.2, 0.25) is 0 Å². The monoisotopic (exact) mass is 210 g/mol. The van der Waals surface area contributed by atoms with Crippen LogP contribution in [0.4, 0.5) is 0 Å². The Morgan fingerprint density at radius 3 is 2.67 bits per heavy atom. The fourth-order valence-corrected chi connectivity index (χ4v) is 2.06. The average Bonchev–Trinajstić information content (AvgIpc) is 2.48. The summed E-state index contributed by atoms with van der Waals surface area (Å²) in [4.78, 5) is 0. The molecule has 1 aromatic rings. The van der Waals surface area contributed by atoms with Crippen molar-refractivity contribution in [3.63, 3.8) is 0 Å². The first-order valence-corrected chi connectivity index (χ1v) is 5.66. The van der Waals surface area contributed by atoms with Crippen LogP contribution in [0.25, 0.3) is 0 Å². The molecule has 0 saturated carbocycles. The minimum atomic E-state index is -0.615. The molecule has 0 aromatic carbocycles. The molecular weight excluding hydrogens is 188 g/mol. The van der Waals surface area contributed by atoms with E-state index in [9.17, 15) is 5.11 Å². The van der Waals surface area contributed by atoms with Gasteiger partial charge in [0.15, 0.2) is 0 Å². The summed E-state index contributed by atoms with van der Waals surface area (Å²) < 4.78 is 1.89. The van der Waals surface area contributed by atoms with Crippen LogP contribution in [-0.2, 0) is 13.0 Å². The van der Waals surface area contributed by atoms with E-state index in [0.717, 1.165) is 18.5 Å². The largest absolute Gasteiger partial charge is 0.390 e. The van der Waals surface area contributed by atoms with Crippen LogP contribution in [0, 0.1) is 5.92 Å². The Balaban J connectivity index is 2.59. The molecule has 0 bridgehead atoms. The lowest BCUT2D eigenvalue weighted by Crippen LogP contribution is -2.28. The predicted octanol–water partition coefficient (Wildman–Crippen LogP) is 2.24. The number of nitrogens with zero attached hydrogens (tertiary/aromatic N) is 2. The SMILES string of the molecule is CCn1cc(CC(C)(O)CC(C)C)cn1. The molecule has 3 nitrogen and oxygen atoms in total. The second-order valence-electron chi connectivity index (χ2n) is 4.98. The molecule has 86 valence electrons. The lowest BCUT2D eigenvalue weighted by atomic mass is 9.89. The van der Waals surface area contributed by atoms with Crippen molar-refractivity contribution in [2.75, 3.05) is 0 Å². The Bertz CT molecular complexity index is 302. The van der Waals surface area contributed by atoms with Crippen LogP contribution >= 0.6 is 0 Å². The Labute approximate surface area is 92.1 Å². The molecule has 1 aromatic heterocycles. The van der Waals surface area contributed by atoms with E-state index in [1.54, 1.807) is 0 Å². The summed E-state index contributed by atoms with van der Waals surface area (Å²) in [6, 6.07) is 0. The van der Waals surface area contributed by atoms with Gasteiger partial charge in [-0.3, -0.25) is 4.68 Å². The molecule has 0 amide bonds. The van der Waals surface area contributed by atoms with Crippen molar-refractivity contribution in [2.45, 2.75) is 52.7 Å². The summed E-state index contributed by atoms with van der Waals surface area (Å²) in [6.07, 6.45) is 5.36. The van der Waals surface area contributed by atoms with E-state index in [1.165, 1.54) is 0 Å². The van der Waals surface area contributed by atoms with Crippen molar-refractivity contribution in [1.82, 2.24) is 9.78 Å². The smallest absolute Gasteiger partial charge is 0.0663 e. The molecule has 1 heterocycles. The highest BCUT2D eigenvalue weighted by Crippen LogP contribution is 2.21. The number of rotatable bonds is 5. The highest BCUT2D eigenvalue weighted by atomic mass is 16.3. The van der Waals surface area contributed by atoms with Gasteiger partial charge in [-0.25, -0.2) is 0 Å². The summed E-state index contributed by atoms with van der Waals surface area (Å²) in [5.74, 6) is 0.515. The second kappa shape index (κ2) is 4.79. The molecule has 1 rings (SSSR count). The van der Waals surface area contributed by atoms with Gasteiger partial charge in [0.05, 0.1) is 11.8 Å². The first-order chi connectivity index (χ1) is 6.93. The molecule has 0 aliphatic carbocycles. The fraction of sp³-hybridized carbons (Fsp3) is 0.750. The summed E-state index contributed by atoms with van der Waals surface area (Å²) in [7, 11) is 0. The van der Waals surface area contributed by atoms with E-state index in [0.29, 0.717) is 12.3 Å². The zero-order valence-electron chi connectivity index (χ0n) is 10.2. The Hall–Kier alpha value is -0.830. The van der Waals surface area contributed by atoms with Crippen molar-refractivity contribution >= 4 is 0 Å². The van der Waals surface area contributed by atoms with Gasteiger partial charge in [0.25, 0.3) is 0 Å². The molecule has 1 unspecified atom stereocenters. The maximum absolute atomic E-state index is 10.2. The molecule has 0 fully saturated rings. The maximum atomic E-state index is 10.2. The number of aryl methyl sites for hydroxylation is 1. The molecule has 0 spiro atoms. The van der Waals surface area contributed by atoms with Gasteiger partial charge >= 0.3 is 0 Å². The van der Waals surface area contributed by atoms with Crippen molar-refractivity contribution in [2.24, 2.45) is 5.92 Å². The van der Waals surface area contributed by atoms with Gasteiger partial charge in [-0.2, -0.15) is 5.10 Å². The summed E-state index contributed by atoms with van der Waals surface area (Å²) in [5.41, 5.74) is 0.498. The van der Waals surface area contributed by atoms with E-state index in [4.69, 9.17) is 0 Å². The van der Waals surface area contributed by atoms with E-state index >= 15 is 0 Å². The van der Waals surface area contributed by atoms with Crippen LogP contribution in [0.5, 0.6) is 0 Å². The lowest BCUT2D eigenvalue weighted by molar-refractivity contribution is 0.0388. The zero-order valence-corrected chi connectivity index (χ0v) is 10.2. The molecule has 0 saturated heterocycles. The van der Waals surface area contributed by atoms with Crippen LogP contribution in [0.3, 0.4) is 0 Å². The number of hydrogen-bond acceptors (Lipinski definition) is 2.